The molecule has 1 aliphatic rings. The molecule has 0 spiro atoms. The lowest BCUT2D eigenvalue weighted by atomic mass is 10.1. The van der Waals surface area contributed by atoms with E-state index < -0.39 is 23.0 Å². The molecular weight excluding hydrogens is 328 g/mol. The van der Waals surface area contributed by atoms with Crippen LogP contribution in [0.2, 0.25) is 0 Å². The molecule has 0 saturated heterocycles. The summed E-state index contributed by atoms with van der Waals surface area (Å²) in [6, 6.07) is 3.67. The van der Waals surface area contributed by atoms with Gasteiger partial charge in [0.25, 0.3) is 5.91 Å². The van der Waals surface area contributed by atoms with E-state index in [4.69, 9.17) is 0 Å². The SMILES string of the molecule is CN(C)C(=O)c1cn(C2CC2)c2nc3cc(F)c(F)cc3cc2c1=O. The first-order valence-electron chi connectivity index (χ1n) is 7.93. The molecule has 128 valence electrons. The first-order valence-corrected chi connectivity index (χ1v) is 7.93. The number of rotatable bonds is 2. The van der Waals surface area contributed by atoms with Crippen molar-refractivity contribution >= 4 is 27.8 Å². The van der Waals surface area contributed by atoms with E-state index in [1.165, 1.54) is 17.2 Å². The Morgan fingerprint density at radius 1 is 1.20 bits per heavy atom. The Kier molecular flexibility index (Phi) is 3.35. The highest BCUT2D eigenvalue weighted by Gasteiger charge is 2.28. The molecule has 0 N–H and O–H groups in total. The van der Waals surface area contributed by atoms with Crippen molar-refractivity contribution in [1.82, 2.24) is 14.5 Å². The van der Waals surface area contributed by atoms with Crippen LogP contribution in [0.3, 0.4) is 0 Å². The van der Waals surface area contributed by atoms with Crippen LogP contribution in [0.25, 0.3) is 21.9 Å². The van der Waals surface area contributed by atoms with Gasteiger partial charge in [0.15, 0.2) is 11.6 Å². The van der Waals surface area contributed by atoms with Crippen molar-refractivity contribution in [3.63, 3.8) is 0 Å². The lowest BCUT2D eigenvalue weighted by Crippen LogP contribution is -2.29. The number of amides is 1. The Morgan fingerprint density at radius 2 is 1.88 bits per heavy atom. The monoisotopic (exact) mass is 343 g/mol. The average molecular weight is 343 g/mol. The molecule has 1 amide bonds. The van der Waals surface area contributed by atoms with E-state index in [9.17, 15) is 18.4 Å². The fourth-order valence-electron chi connectivity index (χ4n) is 2.95. The van der Waals surface area contributed by atoms with Gasteiger partial charge in [-0.05, 0) is 25.0 Å². The number of nitrogens with zero attached hydrogens (tertiary/aromatic N) is 3. The van der Waals surface area contributed by atoms with Crippen LogP contribution in [0, 0.1) is 11.6 Å². The number of hydrogen-bond acceptors (Lipinski definition) is 3. The van der Waals surface area contributed by atoms with Gasteiger partial charge in [-0.3, -0.25) is 9.59 Å². The van der Waals surface area contributed by atoms with E-state index in [0.29, 0.717) is 11.0 Å². The second kappa shape index (κ2) is 5.34. The Bertz CT molecular complexity index is 1100. The van der Waals surface area contributed by atoms with E-state index >= 15 is 0 Å². The first kappa shape index (κ1) is 15.7. The molecule has 2 heterocycles. The highest BCUT2D eigenvalue weighted by Crippen LogP contribution is 2.37. The molecule has 0 unspecified atom stereocenters. The Morgan fingerprint density at radius 3 is 2.52 bits per heavy atom. The molecule has 1 aliphatic carbocycles. The maximum Gasteiger partial charge on any atom is 0.258 e. The van der Waals surface area contributed by atoms with Crippen molar-refractivity contribution in [1.29, 1.82) is 0 Å². The van der Waals surface area contributed by atoms with Crippen molar-refractivity contribution in [3.05, 3.63) is 51.8 Å². The van der Waals surface area contributed by atoms with Gasteiger partial charge in [0.1, 0.15) is 11.2 Å². The highest BCUT2D eigenvalue weighted by atomic mass is 19.2. The molecule has 1 aromatic carbocycles. The summed E-state index contributed by atoms with van der Waals surface area (Å²) in [7, 11) is 3.15. The standard InChI is InChI=1S/C18H15F2N3O2/c1-22(2)18(25)12-8-23(10-3-4-10)17-11(16(12)24)5-9-6-13(19)14(20)7-15(9)21-17/h5-8,10H,3-4H2,1-2H3. The Labute approximate surface area is 141 Å². The summed E-state index contributed by atoms with van der Waals surface area (Å²) in [6.45, 7) is 0. The Hall–Kier alpha value is -2.83. The molecular formula is C18H15F2N3O2. The Balaban J connectivity index is 2.11. The molecule has 4 rings (SSSR count). The van der Waals surface area contributed by atoms with Crippen LogP contribution in [0.15, 0.2) is 29.2 Å². The van der Waals surface area contributed by atoms with Gasteiger partial charge >= 0.3 is 0 Å². The van der Waals surface area contributed by atoms with E-state index in [1.54, 1.807) is 18.7 Å². The third-order valence-corrected chi connectivity index (χ3v) is 4.42. The number of halogens is 2. The number of aromatic nitrogens is 2. The van der Waals surface area contributed by atoms with Crippen molar-refractivity contribution < 1.29 is 13.6 Å². The molecule has 1 fully saturated rings. The summed E-state index contributed by atoms with van der Waals surface area (Å²) in [4.78, 5) is 30.9. The minimum absolute atomic E-state index is 0.0492. The zero-order valence-electron chi connectivity index (χ0n) is 13.7. The van der Waals surface area contributed by atoms with E-state index in [-0.39, 0.29) is 22.5 Å². The molecule has 5 nitrogen and oxygen atoms in total. The summed E-state index contributed by atoms with van der Waals surface area (Å²) in [5.74, 6) is -2.39. The minimum Gasteiger partial charge on any atom is -0.345 e. The van der Waals surface area contributed by atoms with Crippen LogP contribution in [0.4, 0.5) is 8.78 Å². The summed E-state index contributed by atoms with van der Waals surface area (Å²) in [5.41, 5.74) is 0.256. The second-order valence-corrected chi connectivity index (χ2v) is 6.53. The normalized spacial score (nSPS) is 14.2. The van der Waals surface area contributed by atoms with Gasteiger partial charge in [-0.25, -0.2) is 13.8 Å². The first-order chi connectivity index (χ1) is 11.9. The number of carbonyl (C=O) groups excluding carboxylic acids is 1. The summed E-state index contributed by atoms with van der Waals surface area (Å²) in [6.07, 6.45) is 3.37. The third kappa shape index (κ3) is 2.47. The predicted octanol–water partition coefficient (Wildman–Crippen LogP) is 2.86. The summed E-state index contributed by atoms with van der Waals surface area (Å²) < 4.78 is 28.9. The molecule has 3 aromatic rings. The second-order valence-electron chi connectivity index (χ2n) is 6.53. The average Bonchev–Trinajstić information content (AvgIpc) is 3.39. The molecule has 0 aliphatic heterocycles. The lowest BCUT2D eigenvalue weighted by molar-refractivity contribution is 0.0826. The number of benzene rings is 1. The number of hydrogen-bond donors (Lipinski definition) is 0. The lowest BCUT2D eigenvalue weighted by Gasteiger charge is -2.15. The topological polar surface area (TPSA) is 55.2 Å². The highest BCUT2D eigenvalue weighted by molar-refractivity contribution is 5.99. The zero-order chi connectivity index (χ0) is 17.9. The quantitative estimate of drug-likeness (QED) is 0.673. The maximum absolute atomic E-state index is 13.5. The van der Waals surface area contributed by atoms with Gasteiger partial charge in [-0.15, -0.1) is 0 Å². The van der Waals surface area contributed by atoms with Gasteiger partial charge in [-0.1, -0.05) is 0 Å². The van der Waals surface area contributed by atoms with E-state index in [1.807, 2.05) is 0 Å². The predicted molar refractivity (Wildman–Crippen MR) is 89.7 cm³/mol. The summed E-state index contributed by atoms with van der Waals surface area (Å²) in [5, 5.41) is 0.554. The van der Waals surface area contributed by atoms with Crippen LogP contribution in [-0.2, 0) is 0 Å². The van der Waals surface area contributed by atoms with Gasteiger partial charge in [0.05, 0.1) is 10.9 Å². The molecule has 0 atom stereocenters. The fraction of sp³-hybridized carbons (Fsp3) is 0.278. The smallest absolute Gasteiger partial charge is 0.258 e. The van der Waals surface area contributed by atoms with Crippen LogP contribution < -0.4 is 5.43 Å². The zero-order valence-corrected chi connectivity index (χ0v) is 13.7. The number of carbonyl (C=O) groups is 1. The minimum atomic E-state index is -1.00. The fourth-order valence-corrected chi connectivity index (χ4v) is 2.95. The maximum atomic E-state index is 13.5. The van der Waals surface area contributed by atoms with Crippen molar-refractivity contribution in [2.75, 3.05) is 14.1 Å². The van der Waals surface area contributed by atoms with Gasteiger partial charge in [0, 0.05) is 37.8 Å². The molecule has 2 aromatic heterocycles. The molecule has 25 heavy (non-hydrogen) atoms. The molecule has 7 heteroatoms. The van der Waals surface area contributed by atoms with Crippen molar-refractivity contribution in [3.8, 4) is 0 Å². The largest absolute Gasteiger partial charge is 0.345 e. The van der Waals surface area contributed by atoms with Gasteiger partial charge in [-0.2, -0.15) is 0 Å². The van der Waals surface area contributed by atoms with Crippen molar-refractivity contribution in [2.45, 2.75) is 18.9 Å². The number of fused-ring (bicyclic) bond motifs is 2. The molecule has 1 saturated carbocycles. The van der Waals surface area contributed by atoms with Crippen LogP contribution in [0.1, 0.15) is 29.2 Å². The van der Waals surface area contributed by atoms with Gasteiger partial charge < -0.3 is 9.47 Å². The van der Waals surface area contributed by atoms with Crippen LogP contribution >= 0.6 is 0 Å². The van der Waals surface area contributed by atoms with E-state index in [2.05, 4.69) is 4.98 Å². The van der Waals surface area contributed by atoms with Crippen molar-refractivity contribution in [2.24, 2.45) is 0 Å². The summed E-state index contributed by atoms with van der Waals surface area (Å²) >= 11 is 0. The van der Waals surface area contributed by atoms with E-state index in [0.717, 1.165) is 25.0 Å². The number of pyridine rings is 2. The van der Waals surface area contributed by atoms with Gasteiger partial charge in [0.2, 0.25) is 5.43 Å². The van der Waals surface area contributed by atoms with Crippen LogP contribution in [0.5, 0.6) is 0 Å². The molecule has 0 bridgehead atoms. The molecule has 0 radical (unpaired) electrons. The van der Waals surface area contributed by atoms with Crippen LogP contribution in [-0.4, -0.2) is 34.5 Å². The third-order valence-electron chi connectivity index (χ3n) is 4.42.